The molecule has 0 unspecified atom stereocenters. The highest BCUT2D eigenvalue weighted by molar-refractivity contribution is 6.36. The Morgan fingerprint density at radius 1 is 1.02 bits per heavy atom. The topological polar surface area (TPSA) is 101 Å². The molecule has 1 atom stereocenters. The fraction of sp³-hybridized carbons (Fsp3) is 0.538. The number of nitriles is 1. The predicted octanol–water partition coefficient (Wildman–Crippen LogP) is 4.67. The van der Waals surface area contributed by atoms with E-state index in [9.17, 15) is 10.1 Å². The van der Waals surface area contributed by atoms with E-state index in [1.165, 1.54) is 12.8 Å². The van der Waals surface area contributed by atoms with E-state index in [4.69, 9.17) is 31.0 Å². The average Bonchev–Trinajstić information content (AvgIpc) is 3.75. The number of halogens is 1. The van der Waals surface area contributed by atoms with Crippen molar-refractivity contribution in [3.05, 3.63) is 64.8 Å². The number of rotatable bonds is 9. The van der Waals surface area contributed by atoms with Crippen LogP contribution in [0.4, 0.5) is 11.5 Å². The van der Waals surface area contributed by atoms with Crippen LogP contribution in [0, 0.1) is 11.3 Å². The molecule has 268 valence electrons. The van der Waals surface area contributed by atoms with Crippen LogP contribution in [0.5, 0.6) is 6.01 Å². The number of anilines is 2. The highest BCUT2D eigenvalue weighted by atomic mass is 35.5. The molecule has 0 bridgehead atoms. The minimum Gasteiger partial charge on any atom is -0.461 e. The second-order valence-electron chi connectivity index (χ2n) is 14.6. The molecule has 11 nitrogen and oxygen atoms in total. The Morgan fingerprint density at radius 2 is 1.82 bits per heavy atom. The molecular weight excluding hydrogens is 664 g/mol. The Balaban J connectivity index is 1.06. The Hall–Kier alpha value is -3.95. The van der Waals surface area contributed by atoms with Gasteiger partial charge in [-0.1, -0.05) is 41.9 Å². The lowest BCUT2D eigenvalue weighted by Gasteiger charge is -2.42. The normalized spacial score (nSPS) is 22.4. The van der Waals surface area contributed by atoms with E-state index in [0.717, 1.165) is 110 Å². The molecule has 1 amide bonds. The van der Waals surface area contributed by atoms with Gasteiger partial charge in [-0.2, -0.15) is 15.2 Å². The molecule has 0 saturated carbocycles. The zero-order valence-electron chi connectivity index (χ0n) is 29.3. The van der Waals surface area contributed by atoms with Crippen LogP contribution in [-0.4, -0.2) is 121 Å². The lowest BCUT2D eigenvalue weighted by molar-refractivity contribution is -0.128. The number of hydrogen-bond donors (Lipinski definition) is 0. The summed E-state index contributed by atoms with van der Waals surface area (Å²) in [5, 5.41) is 12.7. The van der Waals surface area contributed by atoms with E-state index in [-0.39, 0.29) is 23.9 Å². The number of hydrogen-bond acceptors (Lipinski definition) is 10. The number of amides is 1. The van der Waals surface area contributed by atoms with Gasteiger partial charge in [-0.3, -0.25) is 14.6 Å². The molecule has 2 aromatic carbocycles. The van der Waals surface area contributed by atoms with Crippen molar-refractivity contribution in [2.45, 2.75) is 56.7 Å². The van der Waals surface area contributed by atoms with E-state index >= 15 is 0 Å². The van der Waals surface area contributed by atoms with Gasteiger partial charge in [-0.05, 0) is 62.7 Å². The summed E-state index contributed by atoms with van der Waals surface area (Å²) in [5.41, 5.74) is 3.25. The maximum atomic E-state index is 13.4. The highest BCUT2D eigenvalue weighted by Crippen LogP contribution is 2.40. The van der Waals surface area contributed by atoms with Crippen LogP contribution in [0.2, 0.25) is 5.02 Å². The largest absolute Gasteiger partial charge is 0.461 e. The number of piperazine rings is 1. The molecule has 4 saturated heterocycles. The number of ether oxygens (including phenoxy) is 2. The molecule has 0 aliphatic carbocycles. The summed E-state index contributed by atoms with van der Waals surface area (Å²) < 4.78 is 12.0. The van der Waals surface area contributed by atoms with Crippen molar-refractivity contribution in [2.24, 2.45) is 0 Å². The van der Waals surface area contributed by atoms with Crippen molar-refractivity contribution >= 4 is 39.8 Å². The van der Waals surface area contributed by atoms with Crippen LogP contribution in [0.1, 0.15) is 43.4 Å². The van der Waals surface area contributed by atoms with Crippen LogP contribution in [0.15, 0.2) is 48.6 Å². The van der Waals surface area contributed by atoms with E-state index in [1.54, 1.807) is 6.08 Å². The summed E-state index contributed by atoms with van der Waals surface area (Å²) in [6.07, 6.45) is 9.33. The lowest BCUT2D eigenvalue weighted by atomic mass is 9.95. The molecule has 51 heavy (non-hydrogen) atoms. The second-order valence-corrected chi connectivity index (χ2v) is 15.0. The fourth-order valence-corrected chi connectivity index (χ4v) is 9.20. The third-order valence-electron chi connectivity index (χ3n) is 11.6. The van der Waals surface area contributed by atoms with Crippen LogP contribution >= 0.6 is 11.6 Å². The standard InChI is InChI=1S/C39H47ClN8O3/c40-32-8-1-6-29-7-2-9-34(36(29)32)45-19-12-31-33(27-45)42-38(51-28-39-13-4-17-47(39)18-5-14-39)43-37(31)46-20-21-48(30(26-46)11-15-41)35(49)10-3-16-44-22-24-50-25-23-44/h1-3,6-10,30H,4-5,11-14,16-28H2/b10-3+/t30-/m0/s1. The van der Waals surface area contributed by atoms with Gasteiger partial charge in [0.15, 0.2) is 0 Å². The summed E-state index contributed by atoms with van der Waals surface area (Å²) in [5.74, 6) is 0.828. The third-order valence-corrected chi connectivity index (χ3v) is 11.9. The molecule has 0 radical (unpaired) electrons. The van der Waals surface area contributed by atoms with Gasteiger partial charge in [-0.15, -0.1) is 0 Å². The summed E-state index contributed by atoms with van der Waals surface area (Å²) in [7, 11) is 0. The molecule has 1 aromatic heterocycles. The van der Waals surface area contributed by atoms with Crippen molar-refractivity contribution in [1.29, 1.82) is 5.26 Å². The van der Waals surface area contributed by atoms with Gasteiger partial charge in [0.2, 0.25) is 5.91 Å². The fourth-order valence-electron chi connectivity index (χ4n) is 8.92. The molecule has 5 aliphatic heterocycles. The number of aromatic nitrogens is 2. The van der Waals surface area contributed by atoms with Crippen LogP contribution in [0.25, 0.3) is 10.8 Å². The quantitative estimate of drug-likeness (QED) is 0.291. The molecule has 5 aliphatic rings. The first-order valence-corrected chi connectivity index (χ1v) is 19.0. The second kappa shape index (κ2) is 15.0. The first-order valence-electron chi connectivity index (χ1n) is 18.6. The molecule has 12 heteroatoms. The number of carbonyl (C=O) groups is 1. The first kappa shape index (κ1) is 34.2. The van der Waals surface area contributed by atoms with Gasteiger partial charge in [0.05, 0.1) is 54.5 Å². The summed E-state index contributed by atoms with van der Waals surface area (Å²) >= 11 is 6.77. The van der Waals surface area contributed by atoms with Gasteiger partial charge >= 0.3 is 6.01 Å². The molecule has 4 fully saturated rings. The smallest absolute Gasteiger partial charge is 0.318 e. The van der Waals surface area contributed by atoms with E-state index in [2.05, 4.69) is 49.9 Å². The maximum absolute atomic E-state index is 13.4. The number of fused-ring (bicyclic) bond motifs is 3. The monoisotopic (exact) mass is 710 g/mol. The van der Waals surface area contributed by atoms with Crippen molar-refractivity contribution < 1.29 is 14.3 Å². The molecule has 8 rings (SSSR count). The van der Waals surface area contributed by atoms with Crippen molar-refractivity contribution in [1.82, 2.24) is 24.7 Å². The Morgan fingerprint density at radius 3 is 2.63 bits per heavy atom. The Kier molecular flexibility index (Phi) is 10.0. The molecule has 6 heterocycles. The first-order chi connectivity index (χ1) is 25.0. The van der Waals surface area contributed by atoms with Crippen LogP contribution < -0.4 is 14.5 Å². The molecular formula is C39H47ClN8O3. The number of carbonyl (C=O) groups excluding carboxylic acids is 1. The summed E-state index contributed by atoms with van der Waals surface area (Å²) in [6.45, 7) is 9.82. The third kappa shape index (κ3) is 6.99. The molecule has 3 aromatic rings. The molecule has 0 spiro atoms. The minimum atomic E-state index is -0.249. The van der Waals surface area contributed by atoms with E-state index in [1.807, 2.05) is 23.1 Å². The zero-order chi connectivity index (χ0) is 34.8. The zero-order valence-corrected chi connectivity index (χ0v) is 30.1. The van der Waals surface area contributed by atoms with Crippen molar-refractivity contribution in [2.75, 3.05) is 88.5 Å². The maximum Gasteiger partial charge on any atom is 0.318 e. The SMILES string of the molecule is N#CC[C@H]1CN(c2nc(OCC34CCCN3CCC4)nc3c2CCN(c2cccc4cccc(Cl)c24)C3)CCN1C(=O)/C=C/CN1CCOCC1. The van der Waals surface area contributed by atoms with Gasteiger partial charge in [0.1, 0.15) is 12.4 Å². The number of nitrogens with zero attached hydrogens (tertiary/aromatic N) is 8. The van der Waals surface area contributed by atoms with Crippen LogP contribution in [-0.2, 0) is 22.5 Å². The summed E-state index contributed by atoms with van der Waals surface area (Å²) in [6, 6.07) is 14.9. The average molecular weight is 711 g/mol. The number of benzene rings is 2. The van der Waals surface area contributed by atoms with Gasteiger partial charge < -0.3 is 24.2 Å². The van der Waals surface area contributed by atoms with E-state index < -0.39 is 0 Å². The lowest BCUT2D eigenvalue weighted by Crippen LogP contribution is -2.55. The van der Waals surface area contributed by atoms with Crippen molar-refractivity contribution in [3.8, 4) is 12.1 Å². The summed E-state index contributed by atoms with van der Waals surface area (Å²) in [4.78, 5) is 35.0. The van der Waals surface area contributed by atoms with Gasteiger partial charge in [0.25, 0.3) is 0 Å². The van der Waals surface area contributed by atoms with Gasteiger partial charge in [-0.25, -0.2) is 0 Å². The minimum absolute atomic E-state index is 0.0433. The van der Waals surface area contributed by atoms with Crippen LogP contribution in [0.3, 0.4) is 0 Å². The number of morpholine rings is 1. The molecule has 0 N–H and O–H groups in total. The highest BCUT2D eigenvalue weighted by Gasteiger charge is 2.45. The van der Waals surface area contributed by atoms with Crippen molar-refractivity contribution in [3.63, 3.8) is 0 Å². The Bertz CT molecular complexity index is 1810. The predicted molar refractivity (Wildman–Crippen MR) is 198 cm³/mol. The van der Waals surface area contributed by atoms with Gasteiger partial charge in [0, 0.05) is 68.5 Å². The Labute approximate surface area is 305 Å². The van der Waals surface area contributed by atoms with E-state index in [0.29, 0.717) is 38.8 Å².